The summed E-state index contributed by atoms with van der Waals surface area (Å²) in [6, 6.07) is 13.1. The van der Waals surface area contributed by atoms with Gasteiger partial charge in [0.15, 0.2) is 6.61 Å². The van der Waals surface area contributed by atoms with Gasteiger partial charge >= 0.3 is 5.97 Å². The van der Waals surface area contributed by atoms with Crippen LogP contribution in [0.1, 0.15) is 41.7 Å². The number of ether oxygens (including phenoxy) is 1. The molecule has 0 aliphatic heterocycles. The highest BCUT2D eigenvalue weighted by Crippen LogP contribution is 2.20. The second-order valence-corrected chi connectivity index (χ2v) is 6.37. The van der Waals surface area contributed by atoms with Crippen molar-refractivity contribution < 1.29 is 18.7 Å². The number of benzene rings is 2. The van der Waals surface area contributed by atoms with Crippen LogP contribution in [-0.2, 0) is 9.53 Å². The average molecular weight is 408 g/mol. The van der Waals surface area contributed by atoms with Gasteiger partial charge < -0.3 is 10.1 Å². The number of rotatable bonds is 7. The molecule has 0 aliphatic rings. The maximum atomic E-state index is 13.1. The predicted molar refractivity (Wildman–Crippen MR) is 96.6 cm³/mol. The van der Waals surface area contributed by atoms with Gasteiger partial charge in [0.05, 0.1) is 11.6 Å². The fourth-order valence-corrected chi connectivity index (χ4v) is 2.91. The highest BCUT2D eigenvalue weighted by molar-refractivity contribution is 9.10. The summed E-state index contributed by atoms with van der Waals surface area (Å²) >= 11 is 3.10. The number of hydrogen-bond acceptors (Lipinski definition) is 3. The Kier molecular flexibility index (Phi) is 7.13. The quantitative estimate of drug-likeness (QED) is 0.691. The van der Waals surface area contributed by atoms with Gasteiger partial charge in [0.25, 0.3) is 5.91 Å². The van der Waals surface area contributed by atoms with E-state index in [9.17, 15) is 14.0 Å². The molecule has 4 nitrogen and oxygen atoms in total. The molecule has 0 radical (unpaired) electrons. The number of nitrogens with one attached hydrogen (secondary N) is 1. The summed E-state index contributed by atoms with van der Waals surface area (Å²) in [5.74, 6) is -1.53. The molecule has 2 aromatic carbocycles. The van der Waals surface area contributed by atoms with Crippen LogP contribution in [0.2, 0.25) is 0 Å². The molecule has 0 saturated heterocycles. The SMILES string of the molecule is CCCC(NC(=O)COC(=O)c1ccc(F)cc1Br)c1ccccc1. The van der Waals surface area contributed by atoms with Crippen molar-refractivity contribution in [3.8, 4) is 0 Å². The van der Waals surface area contributed by atoms with E-state index in [-0.39, 0.29) is 22.0 Å². The minimum atomic E-state index is -0.686. The van der Waals surface area contributed by atoms with E-state index in [0.29, 0.717) is 0 Å². The first kappa shape index (κ1) is 19.1. The maximum absolute atomic E-state index is 13.1. The molecule has 25 heavy (non-hydrogen) atoms. The molecule has 0 spiro atoms. The number of carbonyl (C=O) groups excluding carboxylic acids is 2. The lowest BCUT2D eigenvalue weighted by molar-refractivity contribution is -0.125. The predicted octanol–water partition coefficient (Wildman–Crippen LogP) is 4.40. The van der Waals surface area contributed by atoms with E-state index < -0.39 is 18.4 Å². The molecule has 0 aromatic heterocycles. The van der Waals surface area contributed by atoms with Crippen molar-refractivity contribution in [1.82, 2.24) is 5.32 Å². The fraction of sp³-hybridized carbons (Fsp3) is 0.263. The van der Waals surface area contributed by atoms with Crippen molar-refractivity contribution in [3.05, 3.63) is 69.9 Å². The van der Waals surface area contributed by atoms with E-state index in [1.165, 1.54) is 12.1 Å². The zero-order valence-electron chi connectivity index (χ0n) is 13.8. The van der Waals surface area contributed by atoms with Gasteiger partial charge in [-0.05, 0) is 46.1 Å². The van der Waals surface area contributed by atoms with Crippen LogP contribution in [0.25, 0.3) is 0 Å². The molecule has 0 aliphatic carbocycles. The minimum absolute atomic E-state index is 0.130. The number of carbonyl (C=O) groups is 2. The largest absolute Gasteiger partial charge is 0.452 e. The second kappa shape index (κ2) is 9.32. The summed E-state index contributed by atoms with van der Waals surface area (Å²) in [5, 5.41) is 2.88. The van der Waals surface area contributed by atoms with Gasteiger partial charge in [0, 0.05) is 4.47 Å². The van der Waals surface area contributed by atoms with E-state index in [1.54, 1.807) is 0 Å². The Balaban J connectivity index is 1.93. The lowest BCUT2D eigenvalue weighted by atomic mass is 10.0. The molecule has 2 aromatic rings. The van der Waals surface area contributed by atoms with Gasteiger partial charge in [-0.15, -0.1) is 0 Å². The van der Waals surface area contributed by atoms with Crippen LogP contribution in [0.3, 0.4) is 0 Å². The first-order chi connectivity index (χ1) is 12.0. The van der Waals surface area contributed by atoms with Gasteiger partial charge in [0.2, 0.25) is 0 Å². The summed E-state index contributed by atoms with van der Waals surface area (Å²) in [7, 11) is 0. The molecular weight excluding hydrogens is 389 g/mol. The van der Waals surface area contributed by atoms with Crippen molar-refractivity contribution >= 4 is 27.8 Å². The first-order valence-corrected chi connectivity index (χ1v) is 8.77. The molecule has 132 valence electrons. The van der Waals surface area contributed by atoms with E-state index in [1.807, 2.05) is 37.3 Å². The van der Waals surface area contributed by atoms with Crippen LogP contribution in [0.4, 0.5) is 4.39 Å². The molecule has 1 atom stereocenters. The van der Waals surface area contributed by atoms with E-state index in [2.05, 4.69) is 21.2 Å². The summed E-state index contributed by atoms with van der Waals surface area (Å²) in [5.41, 5.74) is 1.17. The Labute approximate surface area is 154 Å². The summed E-state index contributed by atoms with van der Waals surface area (Å²) in [4.78, 5) is 24.1. The van der Waals surface area contributed by atoms with Crippen molar-refractivity contribution in [2.75, 3.05) is 6.61 Å². The lowest BCUT2D eigenvalue weighted by Crippen LogP contribution is -2.32. The molecule has 0 bridgehead atoms. The third-order valence-electron chi connectivity index (χ3n) is 3.60. The maximum Gasteiger partial charge on any atom is 0.339 e. The van der Waals surface area contributed by atoms with Crippen LogP contribution >= 0.6 is 15.9 Å². The van der Waals surface area contributed by atoms with E-state index >= 15 is 0 Å². The zero-order chi connectivity index (χ0) is 18.2. The minimum Gasteiger partial charge on any atom is -0.452 e. The first-order valence-electron chi connectivity index (χ1n) is 7.97. The van der Waals surface area contributed by atoms with Gasteiger partial charge in [-0.2, -0.15) is 0 Å². The van der Waals surface area contributed by atoms with Crippen molar-refractivity contribution in [1.29, 1.82) is 0 Å². The molecule has 1 unspecified atom stereocenters. The fourth-order valence-electron chi connectivity index (χ4n) is 2.40. The lowest BCUT2D eigenvalue weighted by Gasteiger charge is -2.18. The Morgan fingerprint density at radius 1 is 1.20 bits per heavy atom. The van der Waals surface area contributed by atoms with Crippen molar-refractivity contribution in [2.24, 2.45) is 0 Å². The summed E-state index contributed by atoms with van der Waals surface area (Å²) in [6.07, 6.45) is 1.69. The van der Waals surface area contributed by atoms with Gasteiger partial charge in [0.1, 0.15) is 5.82 Å². The average Bonchev–Trinajstić information content (AvgIpc) is 2.60. The molecule has 0 saturated carbocycles. The van der Waals surface area contributed by atoms with Crippen LogP contribution < -0.4 is 5.32 Å². The molecule has 1 amide bonds. The topological polar surface area (TPSA) is 55.4 Å². The third-order valence-corrected chi connectivity index (χ3v) is 4.26. The van der Waals surface area contributed by atoms with Gasteiger partial charge in [-0.1, -0.05) is 43.7 Å². The molecule has 2 rings (SSSR count). The van der Waals surface area contributed by atoms with Crippen molar-refractivity contribution in [2.45, 2.75) is 25.8 Å². The Morgan fingerprint density at radius 2 is 1.92 bits per heavy atom. The summed E-state index contributed by atoms with van der Waals surface area (Å²) in [6.45, 7) is 1.64. The zero-order valence-corrected chi connectivity index (χ0v) is 15.4. The standard InChI is InChI=1S/C19H19BrFNO3/c1-2-6-17(13-7-4-3-5-8-13)22-18(23)12-25-19(24)15-10-9-14(21)11-16(15)20/h3-5,7-11,17H,2,6,12H2,1H3,(H,22,23). The number of halogens is 2. The number of amides is 1. The number of hydrogen-bond donors (Lipinski definition) is 1. The molecule has 6 heteroatoms. The van der Waals surface area contributed by atoms with Crippen LogP contribution in [0.5, 0.6) is 0 Å². The van der Waals surface area contributed by atoms with Gasteiger partial charge in [-0.3, -0.25) is 4.79 Å². The van der Waals surface area contributed by atoms with Crippen LogP contribution in [0, 0.1) is 5.82 Å². The van der Waals surface area contributed by atoms with Crippen molar-refractivity contribution in [3.63, 3.8) is 0 Å². The highest BCUT2D eigenvalue weighted by atomic mass is 79.9. The smallest absolute Gasteiger partial charge is 0.339 e. The van der Waals surface area contributed by atoms with E-state index in [4.69, 9.17) is 4.74 Å². The summed E-state index contributed by atoms with van der Waals surface area (Å²) < 4.78 is 18.4. The van der Waals surface area contributed by atoms with Gasteiger partial charge in [-0.25, -0.2) is 9.18 Å². The molecular formula is C19H19BrFNO3. The Morgan fingerprint density at radius 3 is 2.56 bits per heavy atom. The van der Waals surface area contributed by atoms with E-state index in [0.717, 1.165) is 24.5 Å². The third kappa shape index (κ3) is 5.67. The normalized spacial score (nSPS) is 11.6. The Bertz CT molecular complexity index is 737. The molecule has 1 N–H and O–H groups in total. The Hall–Kier alpha value is -2.21. The highest BCUT2D eigenvalue weighted by Gasteiger charge is 2.17. The molecule has 0 heterocycles. The van der Waals surface area contributed by atoms with Crippen LogP contribution in [0.15, 0.2) is 53.0 Å². The monoisotopic (exact) mass is 407 g/mol. The second-order valence-electron chi connectivity index (χ2n) is 5.52. The number of esters is 1. The van der Waals surface area contributed by atoms with Crippen LogP contribution in [-0.4, -0.2) is 18.5 Å². The molecule has 0 fully saturated rings.